The molecule has 0 atom stereocenters. The Balaban J connectivity index is 1.35. The van der Waals surface area contributed by atoms with Crippen LogP contribution in [0.4, 0.5) is 17.1 Å². The smallest absolute Gasteiger partial charge is 0.139 e. The second kappa shape index (κ2) is 8.72. The molecule has 1 heterocycles. The van der Waals surface area contributed by atoms with Gasteiger partial charge in [0, 0.05) is 44.9 Å². The molecule has 1 aromatic heterocycles. The van der Waals surface area contributed by atoms with Crippen molar-refractivity contribution in [1.29, 1.82) is 0 Å². The fourth-order valence-corrected chi connectivity index (χ4v) is 6.66. The summed E-state index contributed by atoms with van der Waals surface area (Å²) in [6.45, 7) is 2.34. The van der Waals surface area contributed by atoms with Crippen molar-refractivity contribution >= 4 is 39.0 Å². The van der Waals surface area contributed by atoms with Gasteiger partial charge in [0.15, 0.2) is 0 Å². The fraction of sp³-hybridized carbons (Fsp3) is 0.0526. The van der Waals surface area contributed by atoms with Crippen LogP contribution in [0, 0.1) is 0 Å². The average Bonchev–Trinajstić information content (AvgIpc) is 3.52. The molecule has 7 aromatic rings. The molecular weight excluding hydrogens is 486 g/mol. The highest BCUT2D eigenvalue weighted by molar-refractivity contribution is 6.08. The summed E-state index contributed by atoms with van der Waals surface area (Å²) in [4.78, 5) is 2.28. The van der Waals surface area contributed by atoms with Crippen molar-refractivity contribution in [3.63, 3.8) is 0 Å². The van der Waals surface area contributed by atoms with E-state index in [1.807, 2.05) is 0 Å². The molecule has 0 radical (unpaired) electrons. The third-order valence-corrected chi connectivity index (χ3v) is 8.53. The Hall–Kier alpha value is -5.08. The molecule has 40 heavy (non-hydrogen) atoms. The molecule has 0 amide bonds. The highest BCUT2D eigenvalue weighted by atomic mass is 16.3. The van der Waals surface area contributed by atoms with E-state index in [1.54, 1.807) is 0 Å². The van der Waals surface area contributed by atoms with Crippen molar-refractivity contribution in [3.05, 3.63) is 162 Å². The van der Waals surface area contributed by atoms with Gasteiger partial charge in [0.25, 0.3) is 0 Å². The maximum atomic E-state index is 6.83. The third kappa shape index (κ3) is 3.23. The van der Waals surface area contributed by atoms with E-state index < -0.39 is 0 Å². The number of hydrogen-bond donors (Lipinski definition) is 0. The number of furan rings is 1. The van der Waals surface area contributed by atoms with Crippen LogP contribution in [0.3, 0.4) is 0 Å². The first kappa shape index (κ1) is 22.9. The average molecular weight is 514 g/mol. The van der Waals surface area contributed by atoms with Crippen molar-refractivity contribution < 1.29 is 4.42 Å². The van der Waals surface area contributed by atoms with Crippen LogP contribution in [-0.2, 0) is 5.41 Å². The Bertz CT molecular complexity index is 1940. The van der Waals surface area contributed by atoms with Gasteiger partial charge in [-0.05, 0) is 65.6 Å². The van der Waals surface area contributed by atoms with E-state index >= 15 is 0 Å². The molecular formula is C38H27NO. The summed E-state index contributed by atoms with van der Waals surface area (Å²) in [6, 6.07) is 51.8. The Kier molecular flexibility index (Phi) is 4.99. The van der Waals surface area contributed by atoms with Crippen molar-refractivity contribution in [2.45, 2.75) is 12.3 Å². The van der Waals surface area contributed by atoms with E-state index in [0.717, 1.165) is 39.0 Å². The van der Waals surface area contributed by atoms with Crippen molar-refractivity contribution in [1.82, 2.24) is 0 Å². The molecule has 0 fully saturated rings. The molecule has 2 nitrogen and oxygen atoms in total. The molecule has 0 saturated heterocycles. The van der Waals surface area contributed by atoms with E-state index in [-0.39, 0.29) is 5.41 Å². The first-order valence-electron chi connectivity index (χ1n) is 13.8. The molecule has 0 bridgehead atoms. The van der Waals surface area contributed by atoms with E-state index in [1.165, 1.54) is 27.8 Å². The van der Waals surface area contributed by atoms with Crippen molar-refractivity contribution in [2.24, 2.45) is 0 Å². The molecule has 6 aromatic carbocycles. The fourth-order valence-electron chi connectivity index (χ4n) is 6.66. The summed E-state index contributed by atoms with van der Waals surface area (Å²) in [5, 5.41) is 2.28. The van der Waals surface area contributed by atoms with E-state index in [4.69, 9.17) is 4.42 Å². The van der Waals surface area contributed by atoms with Crippen LogP contribution in [0.5, 0.6) is 0 Å². The topological polar surface area (TPSA) is 16.4 Å². The van der Waals surface area contributed by atoms with Gasteiger partial charge in [0.1, 0.15) is 11.2 Å². The van der Waals surface area contributed by atoms with Gasteiger partial charge in [-0.1, -0.05) is 103 Å². The summed E-state index contributed by atoms with van der Waals surface area (Å²) in [6.07, 6.45) is 0. The Morgan fingerprint density at radius 2 is 1.02 bits per heavy atom. The molecule has 1 aliphatic carbocycles. The molecule has 0 unspecified atom stereocenters. The SMILES string of the molecule is CC1(c2cccc3c2oc2cc(N(c4ccccc4)c4ccccc4)ccc23)c2ccccc2-c2ccccc21. The predicted molar refractivity (Wildman–Crippen MR) is 166 cm³/mol. The van der Waals surface area contributed by atoms with Crippen molar-refractivity contribution in [3.8, 4) is 11.1 Å². The Morgan fingerprint density at radius 3 is 1.65 bits per heavy atom. The third-order valence-electron chi connectivity index (χ3n) is 8.53. The number of nitrogens with zero attached hydrogens (tertiary/aromatic N) is 1. The van der Waals surface area contributed by atoms with Crippen LogP contribution in [-0.4, -0.2) is 0 Å². The maximum absolute atomic E-state index is 6.83. The van der Waals surface area contributed by atoms with Gasteiger partial charge >= 0.3 is 0 Å². The van der Waals surface area contributed by atoms with Crippen LogP contribution >= 0.6 is 0 Å². The normalized spacial score (nSPS) is 13.3. The van der Waals surface area contributed by atoms with E-state index in [2.05, 4.69) is 157 Å². The molecule has 0 N–H and O–H groups in total. The zero-order chi connectivity index (χ0) is 26.7. The highest BCUT2D eigenvalue weighted by Crippen LogP contribution is 2.54. The summed E-state index contributed by atoms with van der Waals surface area (Å²) < 4.78 is 6.83. The number of para-hydroxylation sites is 3. The Morgan fingerprint density at radius 1 is 0.475 bits per heavy atom. The van der Waals surface area contributed by atoms with Crippen LogP contribution in [0.1, 0.15) is 23.6 Å². The molecule has 8 rings (SSSR count). The van der Waals surface area contributed by atoms with Crippen LogP contribution in [0.2, 0.25) is 0 Å². The molecule has 0 saturated carbocycles. The summed E-state index contributed by atoms with van der Waals surface area (Å²) >= 11 is 0. The van der Waals surface area contributed by atoms with Gasteiger partial charge in [0.2, 0.25) is 0 Å². The molecule has 0 spiro atoms. The lowest BCUT2D eigenvalue weighted by molar-refractivity contribution is 0.638. The molecule has 190 valence electrons. The van der Waals surface area contributed by atoms with Crippen molar-refractivity contribution in [2.75, 3.05) is 4.90 Å². The lowest BCUT2D eigenvalue weighted by Crippen LogP contribution is -2.22. The number of benzene rings is 6. The van der Waals surface area contributed by atoms with E-state index in [9.17, 15) is 0 Å². The second-order valence-electron chi connectivity index (χ2n) is 10.7. The summed E-state index contributed by atoms with van der Waals surface area (Å²) in [5.74, 6) is 0. The quantitative estimate of drug-likeness (QED) is 0.233. The monoisotopic (exact) mass is 513 g/mol. The second-order valence-corrected chi connectivity index (χ2v) is 10.7. The number of hydrogen-bond acceptors (Lipinski definition) is 2. The predicted octanol–water partition coefficient (Wildman–Crippen LogP) is 10.4. The minimum Gasteiger partial charge on any atom is -0.456 e. The number of fused-ring (bicyclic) bond motifs is 6. The van der Waals surface area contributed by atoms with Gasteiger partial charge in [-0.3, -0.25) is 0 Å². The first-order valence-corrected chi connectivity index (χ1v) is 13.8. The Labute approximate surface area is 233 Å². The first-order chi connectivity index (χ1) is 19.7. The van der Waals surface area contributed by atoms with Crippen LogP contribution in [0.15, 0.2) is 150 Å². The van der Waals surface area contributed by atoms with Gasteiger partial charge in [0.05, 0.1) is 0 Å². The van der Waals surface area contributed by atoms with Gasteiger partial charge in [-0.25, -0.2) is 0 Å². The van der Waals surface area contributed by atoms with E-state index in [0.29, 0.717) is 0 Å². The number of anilines is 3. The highest BCUT2D eigenvalue weighted by Gasteiger charge is 2.42. The van der Waals surface area contributed by atoms with Gasteiger partial charge < -0.3 is 9.32 Å². The molecule has 1 aliphatic rings. The van der Waals surface area contributed by atoms with Crippen LogP contribution < -0.4 is 4.90 Å². The summed E-state index contributed by atoms with van der Waals surface area (Å²) in [7, 11) is 0. The minimum atomic E-state index is -0.316. The summed E-state index contributed by atoms with van der Waals surface area (Å²) in [5.41, 5.74) is 11.3. The van der Waals surface area contributed by atoms with Gasteiger partial charge in [-0.2, -0.15) is 0 Å². The minimum absolute atomic E-state index is 0.316. The lowest BCUT2D eigenvalue weighted by atomic mass is 9.74. The largest absolute Gasteiger partial charge is 0.456 e. The maximum Gasteiger partial charge on any atom is 0.139 e. The molecule has 0 aliphatic heterocycles. The van der Waals surface area contributed by atoms with Gasteiger partial charge in [-0.15, -0.1) is 0 Å². The zero-order valence-corrected chi connectivity index (χ0v) is 22.2. The zero-order valence-electron chi connectivity index (χ0n) is 22.2. The molecule has 2 heteroatoms. The number of rotatable bonds is 4. The van der Waals surface area contributed by atoms with Crippen LogP contribution in [0.25, 0.3) is 33.1 Å². The standard InChI is InChI=1S/C38H27NO/c1-38(33-20-10-8-17-29(33)30-18-9-11-21-34(30)38)35-22-12-19-32-31-24-23-28(25-36(31)40-37(32)35)39(26-13-4-2-5-14-26)27-15-6-3-7-16-27/h2-25H,1H3. The lowest BCUT2D eigenvalue weighted by Gasteiger charge is -2.28.